The molecule has 1 aromatic rings. The molecule has 1 amide bonds. The number of hydrogen-bond acceptors (Lipinski definition) is 4. The molecule has 0 heterocycles. The van der Waals surface area contributed by atoms with E-state index in [4.69, 9.17) is 9.47 Å². The van der Waals surface area contributed by atoms with E-state index in [9.17, 15) is 9.59 Å². The van der Waals surface area contributed by atoms with E-state index in [1.807, 2.05) is 6.92 Å². The molecule has 1 aromatic carbocycles. The first-order valence-electron chi connectivity index (χ1n) is 7.54. The lowest BCUT2D eigenvalue weighted by Gasteiger charge is -2.06. The van der Waals surface area contributed by atoms with Gasteiger partial charge in [-0.2, -0.15) is 0 Å². The maximum absolute atomic E-state index is 12.0. The molecule has 0 aliphatic heterocycles. The molecule has 124 valence electrons. The van der Waals surface area contributed by atoms with E-state index in [1.165, 1.54) is 12.2 Å². The predicted molar refractivity (Wildman–Crippen MR) is 90.4 cm³/mol. The van der Waals surface area contributed by atoms with Crippen LogP contribution in [0.3, 0.4) is 0 Å². The molecule has 1 rings (SSSR count). The Morgan fingerprint density at radius 3 is 2.52 bits per heavy atom. The number of allylic oxidation sites excluding steroid dienone is 2. The van der Waals surface area contributed by atoms with Gasteiger partial charge in [-0.15, -0.1) is 0 Å². The number of carbonyl (C=O) groups excluding carboxylic acids is 2. The number of hydrogen-bond donors (Lipinski definition) is 1. The lowest BCUT2D eigenvalue weighted by atomic mass is 10.2. The maximum Gasteiger partial charge on any atom is 0.330 e. The van der Waals surface area contributed by atoms with Crippen LogP contribution in [0.25, 0.3) is 0 Å². The molecule has 23 heavy (non-hydrogen) atoms. The highest BCUT2D eigenvalue weighted by atomic mass is 16.5. The molecule has 5 nitrogen and oxygen atoms in total. The molecular formula is C18H23NO4. The zero-order chi connectivity index (χ0) is 17.1. The summed E-state index contributed by atoms with van der Waals surface area (Å²) in [7, 11) is 1.58. The van der Waals surface area contributed by atoms with Gasteiger partial charge in [0.05, 0.1) is 13.7 Å². The first kappa shape index (κ1) is 18.5. The van der Waals surface area contributed by atoms with Crippen LogP contribution >= 0.6 is 0 Å². The second-order valence-corrected chi connectivity index (χ2v) is 4.91. The Bertz CT molecular complexity index is 573. The SMILES string of the molecule is CCCCOC(=O)/C=C/C=C(/C)C(=O)Nc1ccc(OC)cc1. The average Bonchev–Trinajstić information content (AvgIpc) is 2.55. The Morgan fingerprint density at radius 1 is 1.22 bits per heavy atom. The van der Waals surface area contributed by atoms with Gasteiger partial charge >= 0.3 is 5.97 Å². The van der Waals surface area contributed by atoms with Gasteiger partial charge in [0.2, 0.25) is 0 Å². The van der Waals surface area contributed by atoms with Crippen LogP contribution in [0, 0.1) is 0 Å². The van der Waals surface area contributed by atoms with Crippen molar-refractivity contribution < 1.29 is 19.1 Å². The molecule has 0 saturated carbocycles. The van der Waals surface area contributed by atoms with Crippen molar-refractivity contribution in [1.29, 1.82) is 0 Å². The minimum absolute atomic E-state index is 0.237. The topological polar surface area (TPSA) is 64.6 Å². The molecule has 0 unspecified atom stereocenters. The summed E-state index contributed by atoms with van der Waals surface area (Å²) in [6.45, 7) is 4.11. The van der Waals surface area contributed by atoms with Crippen molar-refractivity contribution in [2.75, 3.05) is 19.0 Å². The second-order valence-electron chi connectivity index (χ2n) is 4.91. The number of methoxy groups -OCH3 is 1. The van der Waals surface area contributed by atoms with E-state index in [-0.39, 0.29) is 5.91 Å². The number of nitrogens with one attached hydrogen (secondary N) is 1. The first-order chi connectivity index (χ1) is 11.1. The van der Waals surface area contributed by atoms with Crippen molar-refractivity contribution in [3.05, 3.63) is 48.1 Å². The summed E-state index contributed by atoms with van der Waals surface area (Å²) in [4.78, 5) is 23.4. The van der Waals surface area contributed by atoms with Gasteiger partial charge < -0.3 is 14.8 Å². The Labute approximate surface area is 137 Å². The van der Waals surface area contributed by atoms with Crippen LogP contribution in [0.1, 0.15) is 26.7 Å². The van der Waals surface area contributed by atoms with E-state index in [1.54, 1.807) is 44.4 Å². The van der Waals surface area contributed by atoms with Crippen LogP contribution in [0.4, 0.5) is 5.69 Å². The van der Waals surface area contributed by atoms with Crippen molar-refractivity contribution >= 4 is 17.6 Å². The smallest absolute Gasteiger partial charge is 0.330 e. The highest BCUT2D eigenvalue weighted by molar-refractivity contribution is 6.03. The predicted octanol–water partition coefficient (Wildman–Crippen LogP) is 3.48. The lowest BCUT2D eigenvalue weighted by Crippen LogP contribution is -2.12. The van der Waals surface area contributed by atoms with Crippen molar-refractivity contribution in [2.45, 2.75) is 26.7 Å². The van der Waals surface area contributed by atoms with Gasteiger partial charge in [0.1, 0.15) is 5.75 Å². The molecular weight excluding hydrogens is 294 g/mol. The van der Waals surface area contributed by atoms with Crippen LogP contribution in [0.5, 0.6) is 5.75 Å². The third kappa shape index (κ3) is 7.31. The van der Waals surface area contributed by atoms with Gasteiger partial charge in [-0.1, -0.05) is 25.5 Å². The zero-order valence-electron chi connectivity index (χ0n) is 13.8. The number of ether oxygens (including phenoxy) is 2. The zero-order valence-corrected chi connectivity index (χ0v) is 13.8. The summed E-state index contributed by atoms with van der Waals surface area (Å²) in [5.41, 5.74) is 1.16. The minimum Gasteiger partial charge on any atom is -0.497 e. The van der Waals surface area contributed by atoms with Crippen LogP contribution in [0.2, 0.25) is 0 Å². The first-order valence-corrected chi connectivity index (χ1v) is 7.54. The van der Waals surface area contributed by atoms with Crippen molar-refractivity contribution in [3.8, 4) is 5.75 Å². The second kappa shape index (κ2) is 10.2. The summed E-state index contributed by atoms with van der Waals surface area (Å²) in [6, 6.07) is 7.04. The Kier molecular flexibility index (Phi) is 8.21. The van der Waals surface area contributed by atoms with Gasteiger partial charge in [0.15, 0.2) is 0 Å². The highest BCUT2D eigenvalue weighted by Crippen LogP contribution is 2.15. The monoisotopic (exact) mass is 317 g/mol. The lowest BCUT2D eigenvalue weighted by molar-refractivity contribution is -0.137. The third-order valence-corrected chi connectivity index (χ3v) is 3.03. The summed E-state index contributed by atoms with van der Waals surface area (Å²) in [5.74, 6) is 0.0806. The molecule has 0 aromatic heterocycles. The molecule has 0 spiro atoms. The number of unbranched alkanes of at least 4 members (excludes halogenated alkanes) is 1. The van der Waals surface area contributed by atoms with E-state index in [2.05, 4.69) is 5.32 Å². The number of benzene rings is 1. The fourth-order valence-corrected chi connectivity index (χ4v) is 1.62. The number of carbonyl (C=O) groups is 2. The summed E-state index contributed by atoms with van der Waals surface area (Å²) < 4.78 is 10.0. The molecule has 0 bridgehead atoms. The number of anilines is 1. The molecule has 0 fully saturated rings. The quantitative estimate of drug-likeness (QED) is 0.345. The van der Waals surface area contributed by atoms with Gasteiger partial charge in [0.25, 0.3) is 5.91 Å². The van der Waals surface area contributed by atoms with Gasteiger partial charge in [0, 0.05) is 17.3 Å². The van der Waals surface area contributed by atoms with Crippen molar-refractivity contribution in [1.82, 2.24) is 0 Å². The fraction of sp³-hybridized carbons (Fsp3) is 0.333. The number of amides is 1. The normalized spacial score (nSPS) is 11.3. The summed E-state index contributed by atoms with van der Waals surface area (Å²) in [6.07, 6.45) is 6.21. The van der Waals surface area contributed by atoms with E-state index in [0.29, 0.717) is 17.9 Å². The van der Waals surface area contributed by atoms with Crippen molar-refractivity contribution in [2.24, 2.45) is 0 Å². The molecule has 1 N–H and O–H groups in total. The fourth-order valence-electron chi connectivity index (χ4n) is 1.62. The van der Waals surface area contributed by atoms with Crippen LogP contribution in [-0.2, 0) is 14.3 Å². The third-order valence-electron chi connectivity index (χ3n) is 3.03. The largest absolute Gasteiger partial charge is 0.497 e. The van der Waals surface area contributed by atoms with Crippen LogP contribution in [0.15, 0.2) is 48.1 Å². The average molecular weight is 317 g/mol. The minimum atomic E-state index is -0.405. The van der Waals surface area contributed by atoms with Crippen LogP contribution in [-0.4, -0.2) is 25.6 Å². The molecule has 0 radical (unpaired) electrons. The Balaban J connectivity index is 2.49. The van der Waals surface area contributed by atoms with E-state index >= 15 is 0 Å². The molecule has 5 heteroatoms. The standard InChI is InChI=1S/C18H23NO4/c1-4-5-13-23-17(20)8-6-7-14(2)18(21)19-15-9-11-16(22-3)12-10-15/h6-12H,4-5,13H2,1-3H3,(H,19,21)/b8-6+,14-7-. The molecule has 0 atom stereocenters. The highest BCUT2D eigenvalue weighted by Gasteiger charge is 2.04. The van der Waals surface area contributed by atoms with E-state index < -0.39 is 5.97 Å². The molecule has 0 saturated heterocycles. The van der Waals surface area contributed by atoms with Gasteiger partial charge in [-0.25, -0.2) is 4.79 Å². The van der Waals surface area contributed by atoms with Gasteiger partial charge in [-0.05, 0) is 37.6 Å². The van der Waals surface area contributed by atoms with Crippen LogP contribution < -0.4 is 10.1 Å². The Hall–Kier alpha value is -2.56. The number of esters is 1. The Morgan fingerprint density at radius 2 is 1.91 bits per heavy atom. The summed E-state index contributed by atoms with van der Waals surface area (Å²) >= 11 is 0. The number of rotatable bonds is 8. The van der Waals surface area contributed by atoms with E-state index in [0.717, 1.165) is 18.6 Å². The maximum atomic E-state index is 12.0. The summed E-state index contributed by atoms with van der Waals surface area (Å²) in [5, 5.41) is 2.76. The molecule has 0 aliphatic carbocycles. The van der Waals surface area contributed by atoms with Crippen molar-refractivity contribution in [3.63, 3.8) is 0 Å². The van der Waals surface area contributed by atoms with Gasteiger partial charge in [-0.3, -0.25) is 4.79 Å². The molecule has 0 aliphatic rings.